The highest BCUT2D eigenvalue weighted by atomic mass is 127. The van der Waals surface area contributed by atoms with Crippen LogP contribution < -0.4 is 16.2 Å². The molecule has 2 heterocycles. The van der Waals surface area contributed by atoms with Gasteiger partial charge in [0.15, 0.2) is 5.96 Å². The Morgan fingerprint density at radius 3 is 2.55 bits per heavy atom. The first-order valence-corrected chi connectivity index (χ1v) is 9.96. The number of guanidine groups is 1. The lowest BCUT2D eigenvalue weighted by atomic mass is 10.1. The van der Waals surface area contributed by atoms with Gasteiger partial charge in [0.2, 0.25) is 0 Å². The largest absolute Gasteiger partial charge is 0.356 e. The third-order valence-corrected chi connectivity index (χ3v) is 5.14. The summed E-state index contributed by atoms with van der Waals surface area (Å²) in [5, 5.41) is 11.3. The van der Waals surface area contributed by atoms with Crippen molar-refractivity contribution in [2.24, 2.45) is 12.0 Å². The first-order chi connectivity index (χ1) is 13.3. The van der Waals surface area contributed by atoms with Crippen LogP contribution in [0.1, 0.15) is 42.4 Å². The maximum Gasteiger partial charge on any atom is 0.250 e. The van der Waals surface area contributed by atoms with Gasteiger partial charge in [0, 0.05) is 50.7 Å². The third kappa shape index (κ3) is 7.17. The molecule has 0 fully saturated rings. The number of aliphatic imine (C=N–C) groups is 1. The molecule has 2 rings (SSSR count). The van der Waals surface area contributed by atoms with Gasteiger partial charge in [-0.2, -0.15) is 5.10 Å². The SMILES string of the molecule is CN=C(NCCCCn1c(C)cccc1=O)NC(C)Cc1c(C)nn(C)c1C.I. The monoisotopic (exact) mass is 514 g/mol. The topological polar surface area (TPSA) is 76.2 Å². The smallest absolute Gasteiger partial charge is 0.250 e. The van der Waals surface area contributed by atoms with Crippen LogP contribution >= 0.6 is 24.0 Å². The van der Waals surface area contributed by atoms with Gasteiger partial charge in [-0.15, -0.1) is 24.0 Å². The van der Waals surface area contributed by atoms with Crippen molar-refractivity contribution in [1.29, 1.82) is 0 Å². The Hall–Kier alpha value is -1.84. The summed E-state index contributed by atoms with van der Waals surface area (Å²) < 4.78 is 3.76. The summed E-state index contributed by atoms with van der Waals surface area (Å²) in [5.74, 6) is 0.805. The quantitative estimate of drug-likeness (QED) is 0.246. The first kappa shape index (κ1) is 25.2. The van der Waals surface area contributed by atoms with Crippen molar-refractivity contribution in [3.05, 3.63) is 51.2 Å². The highest BCUT2D eigenvalue weighted by molar-refractivity contribution is 14.0. The second kappa shape index (κ2) is 12.0. The molecule has 0 aromatic carbocycles. The molecule has 1 unspecified atom stereocenters. The Morgan fingerprint density at radius 1 is 1.24 bits per heavy atom. The van der Waals surface area contributed by atoms with E-state index in [-0.39, 0.29) is 35.6 Å². The normalized spacial score (nSPS) is 12.4. The molecule has 0 aliphatic carbocycles. The van der Waals surface area contributed by atoms with E-state index in [0.717, 1.165) is 49.7 Å². The van der Waals surface area contributed by atoms with Gasteiger partial charge in [-0.05, 0) is 58.6 Å². The molecule has 7 nitrogen and oxygen atoms in total. The average molecular weight is 514 g/mol. The zero-order chi connectivity index (χ0) is 20.7. The minimum atomic E-state index is 0. The number of unbranched alkanes of at least 4 members (excludes halogenated alkanes) is 1. The van der Waals surface area contributed by atoms with E-state index >= 15 is 0 Å². The van der Waals surface area contributed by atoms with Gasteiger partial charge in [-0.25, -0.2) is 0 Å². The van der Waals surface area contributed by atoms with Crippen LogP contribution in [0.4, 0.5) is 0 Å². The summed E-state index contributed by atoms with van der Waals surface area (Å²) >= 11 is 0. The lowest BCUT2D eigenvalue weighted by Gasteiger charge is -2.18. The predicted molar refractivity (Wildman–Crippen MR) is 130 cm³/mol. The number of hydrogen-bond donors (Lipinski definition) is 2. The lowest BCUT2D eigenvalue weighted by Crippen LogP contribution is -2.43. The number of halogens is 1. The van der Waals surface area contributed by atoms with Crippen molar-refractivity contribution in [3.63, 3.8) is 0 Å². The fourth-order valence-electron chi connectivity index (χ4n) is 3.41. The van der Waals surface area contributed by atoms with Gasteiger partial charge in [-0.3, -0.25) is 14.5 Å². The second-order valence-corrected chi connectivity index (χ2v) is 7.39. The molecule has 0 bridgehead atoms. The zero-order valence-corrected chi connectivity index (χ0v) is 20.8. The van der Waals surface area contributed by atoms with Crippen LogP contribution in [0.25, 0.3) is 0 Å². The summed E-state index contributed by atoms with van der Waals surface area (Å²) in [6, 6.07) is 5.64. The van der Waals surface area contributed by atoms with Crippen LogP contribution in [0.15, 0.2) is 28.0 Å². The van der Waals surface area contributed by atoms with Crippen LogP contribution in [0, 0.1) is 20.8 Å². The molecule has 0 saturated heterocycles. The molecule has 0 amide bonds. The molecule has 0 aliphatic heterocycles. The molecule has 1 atom stereocenters. The van der Waals surface area contributed by atoms with Gasteiger partial charge >= 0.3 is 0 Å². The summed E-state index contributed by atoms with van der Waals surface area (Å²) in [4.78, 5) is 16.2. The molecule has 2 aromatic heterocycles. The van der Waals surface area contributed by atoms with Gasteiger partial charge in [0.05, 0.1) is 5.69 Å². The van der Waals surface area contributed by atoms with Gasteiger partial charge in [0.1, 0.15) is 0 Å². The van der Waals surface area contributed by atoms with Crippen LogP contribution in [0.3, 0.4) is 0 Å². The zero-order valence-electron chi connectivity index (χ0n) is 18.5. The fraction of sp³-hybridized carbons (Fsp3) is 0.571. The summed E-state index contributed by atoms with van der Waals surface area (Å²) in [5.41, 5.74) is 4.67. The Morgan fingerprint density at radius 2 is 1.97 bits per heavy atom. The summed E-state index contributed by atoms with van der Waals surface area (Å²) in [6.07, 6.45) is 2.82. The molecular formula is C21H35IN6O. The van der Waals surface area contributed by atoms with Gasteiger partial charge in [-0.1, -0.05) is 6.07 Å². The van der Waals surface area contributed by atoms with E-state index in [1.165, 1.54) is 11.3 Å². The van der Waals surface area contributed by atoms with Crippen molar-refractivity contribution in [2.45, 2.75) is 59.5 Å². The van der Waals surface area contributed by atoms with Crippen molar-refractivity contribution in [2.75, 3.05) is 13.6 Å². The van der Waals surface area contributed by atoms with Crippen LogP contribution in [-0.2, 0) is 20.0 Å². The number of nitrogens with zero attached hydrogens (tertiary/aromatic N) is 4. The standard InChI is InChI=1S/C21H34N6O.HI/c1-15(14-19-17(3)25-26(6)18(19)4)24-21(22-5)23-12-7-8-13-27-16(2)10-9-11-20(27)28;/h9-11,15H,7-8,12-14H2,1-6H3,(H2,22,23,24);1H. The number of pyridine rings is 1. The Labute approximate surface area is 191 Å². The van der Waals surface area contributed by atoms with E-state index in [1.807, 2.05) is 29.3 Å². The number of hydrogen-bond acceptors (Lipinski definition) is 3. The van der Waals surface area contributed by atoms with Gasteiger partial charge in [0.25, 0.3) is 5.56 Å². The number of rotatable bonds is 8. The molecule has 8 heteroatoms. The number of aromatic nitrogens is 3. The van der Waals surface area contributed by atoms with E-state index in [0.29, 0.717) is 0 Å². The van der Waals surface area contributed by atoms with Crippen LogP contribution in [-0.4, -0.2) is 39.9 Å². The van der Waals surface area contributed by atoms with Crippen LogP contribution in [0.5, 0.6) is 0 Å². The highest BCUT2D eigenvalue weighted by Gasteiger charge is 2.13. The molecule has 0 radical (unpaired) electrons. The molecule has 2 N–H and O–H groups in total. The van der Waals surface area contributed by atoms with E-state index in [4.69, 9.17) is 0 Å². The number of aryl methyl sites for hydroxylation is 3. The average Bonchev–Trinajstić information content (AvgIpc) is 2.88. The van der Waals surface area contributed by atoms with E-state index in [9.17, 15) is 4.79 Å². The molecule has 0 spiro atoms. The first-order valence-electron chi connectivity index (χ1n) is 9.96. The molecule has 0 aliphatic rings. The lowest BCUT2D eigenvalue weighted by molar-refractivity contribution is 0.570. The second-order valence-electron chi connectivity index (χ2n) is 7.39. The maximum absolute atomic E-state index is 11.9. The third-order valence-electron chi connectivity index (χ3n) is 5.14. The fourth-order valence-corrected chi connectivity index (χ4v) is 3.41. The minimum absolute atomic E-state index is 0. The summed E-state index contributed by atoms with van der Waals surface area (Å²) in [7, 11) is 3.77. The molecule has 29 heavy (non-hydrogen) atoms. The van der Waals surface area contributed by atoms with Crippen molar-refractivity contribution >= 4 is 29.9 Å². The Bertz CT molecular complexity index is 871. The predicted octanol–water partition coefficient (Wildman–Crippen LogP) is 2.70. The van der Waals surface area contributed by atoms with Crippen molar-refractivity contribution in [3.8, 4) is 0 Å². The van der Waals surface area contributed by atoms with E-state index < -0.39 is 0 Å². The van der Waals surface area contributed by atoms with E-state index in [2.05, 4.69) is 41.5 Å². The maximum atomic E-state index is 11.9. The molecular weight excluding hydrogens is 479 g/mol. The molecule has 2 aromatic rings. The Balaban J connectivity index is 0.00000420. The van der Waals surface area contributed by atoms with E-state index in [1.54, 1.807) is 19.2 Å². The Kier molecular flexibility index (Phi) is 10.4. The minimum Gasteiger partial charge on any atom is -0.356 e. The van der Waals surface area contributed by atoms with Crippen LogP contribution in [0.2, 0.25) is 0 Å². The number of nitrogens with one attached hydrogen (secondary N) is 2. The molecule has 162 valence electrons. The van der Waals surface area contributed by atoms with Crippen molar-refractivity contribution < 1.29 is 0 Å². The molecule has 0 saturated carbocycles. The summed E-state index contributed by atoms with van der Waals surface area (Å²) in [6.45, 7) is 9.85. The van der Waals surface area contributed by atoms with Gasteiger partial charge < -0.3 is 15.2 Å². The highest BCUT2D eigenvalue weighted by Crippen LogP contribution is 2.14. The van der Waals surface area contributed by atoms with Crippen molar-refractivity contribution in [1.82, 2.24) is 25.0 Å².